The third kappa shape index (κ3) is 4.99. The quantitative estimate of drug-likeness (QED) is 0.366. The third-order valence-corrected chi connectivity index (χ3v) is 6.33. The Kier molecular flexibility index (Phi) is 6.46. The second-order valence-electron chi connectivity index (χ2n) is 7.32. The number of nitrogens with one attached hydrogen (secondary N) is 2. The van der Waals surface area contributed by atoms with E-state index < -0.39 is 15.8 Å². The molecule has 0 aliphatic heterocycles. The second kappa shape index (κ2) is 9.48. The Labute approximate surface area is 196 Å². The van der Waals surface area contributed by atoms with Crippen LogP contribution in [0, 0.1) is 19.7 Å². The van der Waals surface area contributed by atoms with E-state index in [2.05, 4.69) is 25.2 Å². The van der Waals surface area contributed by atoms with Gasteiger partial charge in [0.15, 0.2) is 0 Å². The average molecular weight is 484 g/mol. The van der Waals surface area contributed by atoms with Gasteiger partial charge in [0.1, 0.15) is 11.6 Å². The zero-order valence-corrected chi connectivity index (χ0v) is 19.5. The van der Waals surface area contributed by atoms with Crippen molar-refractivity contribution in [2.24, 2.45) is 0 Å². The van der Waals surface area contributed by atoms with Crippen LogP contribution in [0.4, 0.5) is 21.9 Å². The summed E-state index contributed by atoms with van der Waals surface area (Å²) < 4.78 is 51.9. The summed E-state index contributed by atoms with van der Waals surface area (Å²) in [6.45, 7) is 5.64. The fourth-order valence-corrected chi connectivity index (χ4v) is 4.14. The smallest absolute Gasteiger partial charge is 0.264 e. The molecule has 34 heavy (non-hydrogen) atoms. The number of hydrogen-bond donors (Lipinski definition) is 2. The van der Waals surface area contributed by atoms with Gasteiger partial charge in [0, 0.05) is 29.1 Å². The summed E-state index contributed by atoms with van der Waals surface area (Å²) >= 11 is 0. The second-order valence-corrected chi connectivity index (χ2v) is 9.00. The van der Waals surface area contributed by atoms with Crippen molar-refractivity contribution in [1.82, 2.24) is 15.1 Å². The Morgan fingerprint density at radius 3 is 2.53 bits per heavy atom. The lowest BCUT2D eigenvalue weighted by Crippen LogP contribution is -2.13. The molecule has 0 saturated carbocycles. The minimum Gasteiger partial charge on any atom is -0.493 e. The van der Waals surface area contributed by atoms with Crippen molar-refractivity contribution >= 4 is 27.5 Å². The number of benzene rings is 2. The molecule has 2 N–H and O–H groups in total. The van der Waals surface area contributed by atoms with E-state index in [-0.39, 0.29) is 16.7 Å². The first-order chi connectivity index (χ1) is 16.3. The Balaban J connectivity index is 1.53. The van der Waals surface area contributed by atoms with Gasteiger partial charge in [-0.25, -0.2) is 27.5 Å². The molecular formula is C23H22FN5O4S. The maximum atomic E-state index is 13.6. The molecule has 2 aromatic carbocycles. The van der Waals surface area contributed by atoms with Crippen LogP contribution in [0.2, 0.25) is 0 Å². The normalized spacial score (nSPS) is 11.3. The molecule has 0 fully saturated rings. The van der Waals surface area contributed by atoms with Crippen molar-refractivity contribution < 1.29 is 22.1 Å². The standard InChI is InChI=1S/C23H22FN5O4S/c1-4-32-21-13-16(24)5-10-19(21)20-11-12-25-23(27-20)26-17-6-8-18(9-7-17)34(30,31)29-22-14(2)15(3)28-33-22/h5-13,29H,4H2,1-3H3,(H,25,26,27). The van der Waals surface area contributed by atoms with Gasteiger partial charge in [-0.05, 0) is 63.2 Å². The molecule has 4 aromatic rings. The fourth-order valence-electron chi connectivity index (χ4n) is 3.09. The summed E-state index contributed by atoms with van der Waals surface area (Å²) in [5.74, 6) is 0.340. The predicted octanol–water partition coefficient (Wildman–Crippen LogP) is 4.83. The third-order valence-electron chi connectivity index (χ3n) is 4.98. The van der Waals surface area contributed by atoms with E-state index in [1.54, 1.807) is 44.3 Å². The van der Waals surface area contributed by atoms with Crippen LogP contribution in [0.3, 0.4) is 0 Å². The van der Waals surface area contributed by atoms with Gasteiger partial charge in [-0.3, -0.25) is 0 Å². The van der Waals surface area contributed by atoms with Crippen LogP contribution in [0.1, 0.15) is 18.2 Å². The molecule has 0 aliphatic carbocycles. The number of rotatable bonds is 8. The van der Waals surface area contributed by atoms with Gasteiger partial charge in [-0.15, -0.1) is 0 Å². The monoisotopic (exact) mass is 483 g/mol. The molecule has 4 rings (SSSR count). The van der Waals surface area contributed by atoms with Crippen LogP contribution in [0.15, 0.2) is 64.1 Å². The van der Waals surface area contributed by atoms with Gasteiger partial charge in [0.2, 0.25) is 11.8 Å². The maximum absolute atomic E-state index is 13.6. The number of anilines is 3. The lowest BCUT2D eigenvalue weighted by Gasteiger charge is -2.11. The molecule has 0 aliphatic rings. The zero-order chi connectivity index (χ0) is 24.3. The minimum atomic E-state index is -3.86. The molecule has 11 heteroatoms. The van der Waals surface area contributed by atoms with Crippen molar-refractivity contribution in [1.29, 1.82) is 0 Å². The van der Waals surface area contributed by atoms with Crippen LogP contribution in [0.5, 0.6) is 5.75 Å². The highest BCUT2D eigenvalue weighted by atomic mass is 32.2. The Hall–Kier alpha value is -3.99. The number of sulfonamides is 1. The average Bonchev–Trinajstić information content (AvgIpc) is 3.12. The van der Waals surface area contributed by atoms with Gasteiger partial charge in [-0.1, -0.05) is 5.16 Å². The summed E-state index contributed by atoms with van der Waals surface area (Å²) in [7, 11) is -3.86. The van der Waals surface area contributed by atoms with Gasteiger partial charge in [-0.2, -0.15) is 0 Å². The maximum Gasteiger partial charge on any atom is 0.264 e. The molecule has 0 bridgehead atoms. The number of ether oxygens (including phenoxy) is 1. The largest absolute Gasteiger partial charge is 0.493 e. The summed E-state index contributed by atoms with van der Waals surface area (Å²) in [6, 6.07) is 12.0. The van der Waals surface area contributed by atoms with Crippen LogP contribution in [-0.2, 0) is 10.0 Å². The highest BCUT2D eigenvalue weighted by molar-refractivity contribution is 7.92. The van der Waals surface area contributed by atoms with Crippen LogP contribution >= 0.6 is 0 Å². The van der Waals surface area contributed by atoms with Crippen LogP contribution in [0.25, 0.3) is 11.3 Å². The summed E-state index contributed by atoms with van der Waals surface area (Å²) in [6.07, 6.45) is 1.56. The lowest BCUT2D eigenvalue weighted by molar-refractivity contribution is 0.339. The van der Waals surface area contributed by atoms with Gasteiger partial charge in [0.25, 0.3) is 10.0 Å². The summed E-state index contributed by atoms with van der Waals surface area (Å²) in [5, 5.41) is 6.79. The van der Waals surface area contributed by atoms with E-state index in [0.717, 1.165) is 0 Å². The number of halogens is 1. The highest BCUT2D eigenvalue weighted by Gasteiger charge is 2.19. The van der Waals surface area contributed by atoms with E-state index in [1.807, 2.05) is 6.92 Å². The molecule has 0 saturated heterocycles. The molecule has 176 valence electrons. The van der Waals surface area contributed by atoms with Crippen molar-refractivity contribution in [2.45, 2.75) is 25.7 Å². The SMILES string of the molecule is CCOc1cc(F)ccc1-c1ccnc(Nc2ccc(S(=O)(=O)Nc3onc(C)c3C)cc2)n1. The first-order valence-electron chi connectivity index (χ1n) is 10.4. The van der Waals surface area contributed by atoms with E-state index in [1.165, 1.54) is 24.3 Å². The molecule has 9 nitrogen and oxygen atoms in total. The molecular weight excluding hydrogens is 461 g/mol. The first kappa shape index (κ1) is 23.2. The van der Waals surface area contributed by atoms with Crippen LogP contribution < -0.4 is 14.8 Å². The van der Waals surface area contributed by atoms with E-state index in [0.29, 0.717) is 40.6 Å². The zero-order valence-electron chi connectivity index (χ0n) is 18.7. The molecule has 0 atom stereocenters. The van der Waals surface area contributed by atoms with E-state index in [4.69, 9.17) is 9.26 Å². The molecule has 2 aromatic heterocycles. The number of hydrogen-bond acceptors (Lipinski definition) is 8. The van der Waals surface area contributed by atoms with E-state index >= 15 is 0 Å². The molecule has 0 unspecified atom stereocenters. The number of aryl methyl sites for hydroxylation is 1. The van der Waals surface area contributed by atoms with Gasteiger partial charge in [0.05, 0.1) is 22.9 Å². The van der Waals surface area contributed by atoms with Crippen molar-refractivity contribution in [3.63, 3.8) is 0 Å². The van der Waals surface area contributed by atoms with Crippen molar-refractivity contribution in [2.75, 3.05) is 16.6 Å². The Morgan fingerprint density at radius 1 is 1.09 bits per heavy atom. The minimum absolute atomic E-state index is 0.0499. The lowest BCUT2D eigenvalue weighted by atomic mass is 10.1. The molecule has 0 radical (unpaired) electrons. The van der Waals surface area contributed by atoms with Gasteiger partial charge >= 0.3 is 0 Å². The van der Waals surface area contributed by atoms with Gasteiger partial charge < -0.3 is 14.6 Å². The Morgan fingerprint density at radius 2 is 1.85 bits per heavy atom. The van der Waals surface area contributed by atoms with Crippen molar-refractivity contribution in [3.05, 3.63) is 71.8 Å². The summed E-state index contributed by atoms with van der Waals surface area (Å²) in [5.41, 5.74) is 2.97. The highest BCUT2D eigenvalue weighted by Crippen LogP contribution is 2.30. The van der Waals surface area contributed by atoms with E-state index in [9.17, 15) is 12.8 Å². The fraction of sp³-hybridized carbons (Fsp3) is 0.174. The topological polar surface area (TPSA) is 119 Å². The first-order valence-corrected chi connectivity index (χ1v) is 11.8. The Bertz CT molecular complexity index is 1420. The predicted molar refractivity (Wildman–Crippen MR) is 125 cm³/mol. The molecule has 0 spiro atoms. The number of nitrogens with zero attached hydrogens (tertiary/aromatic N) is 3. The number of aromatic nitrogens is 3. The molecule has 2 heterocycles. The van der Waals surface area contributed by atoms with Crippen molar-refractivity contribution in [3.8, 4) is 17.0 Å². The molecule has 0 amide bonds. The van der Waals surface area contributed by atoms with Crippen LogP contribution in [-0.4, -0.2) is 30.1 Å². The summed E-state index contributed by atoms with van der Waals surface area (Å²) in [4.78, 5) is 8.73.